The molecule has 0 bridgehead atoms. The predicted molar refractivity (Wildman–Crippen MR) is 104 cm³/mol. The van der Waals surface area contributed by atoms with Gasteiger partial charge in [0.25, 0.3) is 0 Å². The summed E-state index contributed by atoms with van der Waals surface area (Å²) in [5.41, 5.74) is 1.16. The van der Waals surface area contributed by atoms with Crippen LogP contribution in [-0.2, 0) is 0 Å². The average Bonchev–Trinajstić information content (AvgIpc) is 3.40. The second-order valence-corrected chi connectivity index (χ2v) is 6.87. The number of rotatable bonds is 6. The van der Waals surface area contributed by atoms with Crippen molar-refractivity contribution in [3.8, 4) is 0 Å². The first-order valence-electron chi connectivity index (χ1n) is 8.54. The second kappa shape index (κ2) is 7.97. The summed E-state index contributed by atoms with van der Waals surface area (Å²) in [6.07, 6.45) is 5.29. The Morgan fingerprint density at radius 1 is 1.29 bits per heavy atom. The quantitative estimate of drug-likeness (QED) is 0.384. The SMILES string of the molecule is CCNC(=NCC1(C2CC2)CC1)NC(C)c1ccc(F)c(F)c1.I. The Morgan fingerprint density at radius 3 is 2.54 bits per heavy atom. The Balaban J connectivity index is 0.00000208. The van der Waals surface area contributed by atoms with Crippen LogP contribution in [0.4, 0.5) is 8.78 Å². The molecule has 0 heterocycles. The van der Waals surface area contributed by atoms with Gasteiger partial charge in [-0.3, -0.25) is 4.99 Å². The van der Waals surface area contributed by atoms with Crippen molar-refractivity contribution in [2.75, 3.05) is 13.1 Å². The van der Waals surface area contributed by atoms with E-state index in [2.05, 4.69) is 10.6 Å². The summed E-state index contributed by atoms with van der Waals surface area (Å²) in [5.74, 6) is -0.0141. The van der Waals surface area contributed by atoms with Crippen LogP contribution in [0.3, 0.4) is 0 Å². The van der Waals surface area contributed by atoms with E-state index in [1.807, 2.05) is 13.8 Å². The zero-order chi connectivity index (χ0) is 16.4. The van der Waals surface area contributed by atoms with Crippen LogP contribution < -0.4 is 10.6 Å². The molecule has 0 radical (unpaired) electrons. The fourth-order valence-corrected chi connectivity index (χ4v) is 3.18. The molecule has 3 rings (SSSR count). The van der Waals surface area contributed by atoms with E-state index in [0.717, 1.165) is 25.0 Å². The van der Waals surface area contributed by atoms with Crippen molar-refractivity contribution in [2.45, 2.75) is 45.6 Å². The highest BCUT2D eigenvalue weighted by Gasteiger charge is 2.53. The number of halogens is 3. The minimum absolute atomic E-state index is 0. The maximum atomic E-state index is 13.4. The summed E-state index contributed by atoms with van der Waals surface area (Å²) in [4.78, 5) is 4.74. The highest BCUT2D eigenvalue weighted by molar-refractivity contribution is 14.0. The van der Waals surface area contributed by atoms with Crippen LogP contribution in [0.2, 0.25) is 0 Å². The first kappa shape index (κ1) is 19.4. The van der Waals surface area contributed by atoms with Gasteiger partial charge in [0.2, 0.25) is 0 Å². The summed E-state index contributed by atoms with van der Waals surface area (Å²) in [6.45, 7) is 5.57. The molecule has 3 nitrogen and oxygen atoms in total. The molecular formula is C18H26F2IN3. The molecule has 24 heavy (non-hydrogen) atoms. The lowest BCUT2D eigenvalue weighted by Crippen LogP contribution is -2.39. The van der Waals surface area contributed by atoms with Crippen molar-refractivity contribution in [3.05, 3.63) is 35.4 Å². The number of aliphatic imine (C=N–C) groups is 1. The third-order valence-corrected chi connectivity index (χ3v) is 5.03. The number of guanidine groups is 1. The van der Waals surface area contributed by atoms with E-state index in [-0.39, 0.29) is 30.0 Å². The van der Waals surface area contributed by atoms with E-state index in [9.17, 15) is 8.78 Å². The van der Waals surface area contributed by atoms with Crippen LogP contribution in [0, 0.1) is 23.0 Å². The monoisotopic (exact) mass is 449 g/mol. The smallest absolute Gasteiger partial charge is 0.191 e. The minimum Gasteiger partial charge on any atom is -0.357 e. The van der Waals surface area contributed by atoms with Crippen molar-refractivity contribution in [1.82, 2.24) is 10.6 Å². The third kappa shape index (κ3) is 4.58. The lowest BCUT2D eigenvalue weighted by molar-refractivity contribution is 0.452. The highest BCUT2D eigenvalue weighted by atomic mass is 127. The van der Waals surface area contributed by atoms with Gasteiger partial charge >= 0.3 is 0 Å². The number of benzene rings is 1. The molecule has 0 aliphatic heterocycles. The molecule has 1 aromatic rings. The van der Waals surface area contributed by atoms with E-state index in [0.29, 0.717) is 11.0 Å². The van der Waals surface area contributed by atoms with Gasteiger partial charge in [0.05, 0.1) is 6.04 Å². The standard InChI is InChI=1S/C18H25F2N3.HI/c1-3-21-17(22-11-18(8-9-18)14-5-6-14)23-12(2)13-4-7-15(19)16(20)10-13;/h4,7,10,12,14H,3,5-6,8-9,11H2,1-2H3,(H2,21,22,23);1H. The molecule has 2 N–H and O–H groups in total. The van der Waals surface area contributed by atoms with E-state index < -0.39 is 11.6 Å². The van der Waals surface area contributed by atoms with Gasteiger partial charge in [-0.25, -0.2) is 8.78 Å². The predicted octanol–water partition coefficient (Wildman–Crippen LogP) is 4.39. The Kier molecular flexibility index (Phi) is 6.45. The van der Waals surface area contributed by atoms with Crippen LogP contribution in [0.25, 0.3) is 0 Å². The van der Waals surface area contributed by atoms with Gasteiger partial charge < -0.3 is 10.6 Å². The van der Waals surface area contributed by atoms with Gasteiger partial charge in [0.15, 0.2) is 17.6 Å². The summed E-state index contributed by atoms with van der Waals surface area (Å²) in [5, 5.41) is 6.53. The first-order valence-corrected chi connectivity index (χ1v) is 8.54. The van der Waals surface area contributed by atoms with Crippen molar-refractivity contribution < 1.29 is 8.78 Å². The average molecular weight is 449 g/mol. The van der Waals surface area contributed by atoms with Crippen molar-refractivity contribution in [1.29, 1.82) is 0 Å². The van der Waals surface area contributed by atoms with Gasteiger partial charge in [0, 0.05) is 13.1 Å². The molecule has 2 aliphatic carbocycles. The lowest BCUT2D eigenvalue weighted by Gasteiger charge is -2.19. The number of hydrogen-bond donors (Lipinski definition) is 2. The second-order valence-electron chi connectivity index (χ2n) is 6.87. The molecule has 0 spiro atoms. The molecule has 134 valence electrons. The fourth-order valence-electron chi connectivity index (χ4n) is 3.18. The molecule has 1 aromatic carbocycles. The van der Waals surface area contributed by atoms with E-state index in [1.54, 1.807) is 6.07 Å². The fraction of sp³-hybridized carbons (Fsp3) is 0.611. The van der Waals surface area contributed by atoms with Gasteiger partial charge in [-0.15, -0.1) is 24.0 Å². The van der Waals surface area contributed by atoms with Crippen LogP contribution >= 0.6 is 24.0 Å². The Hall–Kier alpha value is -0.920. The molecule has 1 atom stereocenters. The Bertz CT molecular complexity index is 598. The topological polar surface area (TPSA) is 36.4 Å². The lowest BCUT2D eigenvalue weighted by atomic mass is 10.0. The van der Waals surface area contributed by atoms with E-state index in [1.165, 1.54) is 37.8 Å². The van der Waals surface area contributed by atoms with Gasteiger partial charge in [-0.1, -0.05) is 6.07 Å². The third-order valence-electron chi connectivity index (χ3n) is 5.03. The maximum Gasteiger partial charge on any atom is 0.191 e. The van der Waals surface area contributed by atoms with Crippen LogP contribution in [0.5, 0.6) is 0 Å². The number of nitrogens with one attached hydrogen (secondary N) is 2. The van der Waals surface area contributed by atoms with Gasteiger partial charge in [0.1, 0.15) is 0 Å². The number of hydrogen-bond acceptors (Lipinski definition) is 1. The van der Waals surface area contributed by atoms with Crippen LogP contribution in [-0.4, -0.2) is 19.0 Å². The molecule has 0 aromatic heterocycles. The maximum absolute atomic E-state index is 13.4. The molecule has 2 aliphatic rings. The van der Waals surface area contributed by atoms with E-state index >= 15 is 0 Å². The molecule has 0 amide bonds. The van der Waals surface area contributed by atoms with Gasteiger partial charge in [-0.2, -0.15) is 0 Å². The summed E-state index contributed by atoms with van der Waals surface area (Å²) in [6, 6.07) is 3.87. The Labute approximate surface area is 159 Å². The summed E-state index contributed by atoms with van der Waals surface area (Å²) >= 11 is 0. The molecule has 2 fully saturated rings. The van der Waals surface area contributed by atoms with Gasteiger partial charge in [-0.05, 0) is 68.6 Å². The summed E-state index contributed by atoms with van der Waals surface area (Å²) < 4.78 is 26.4. The molecule has 1 unspecified atom stereocenters. The first-order chi connectivity index (χ1) is 11.0. The zero-order valence-electron chi connectivity index (χ0n) is 14.2. The molecule has 2 saturated carbocycles. The molecular weight excluding hydrogens is 423 g/mol. The Morgan fingerprint density at radius 2 is 2.00 bits per heavy atom. The largest absolute Gasteiger partial charge is 0.357 e. The van der Waals surface area contributed by atoms with Crippen molar-refractivity contribution in [3.63, 3.8) is 0 Å². The number of nitrogens with zero attached hydrogens (tertiary/aromatic N) is 1. The van der Waals surface area contributed by atoms with Crippen LogP contribution in [0.1, 0.15) is 51.1 Å². The minimum atomic E-state index is -0.818. The summed E-state index contributed by atoms with van der Waals surface area (Å²) in [7, 11) is 0. The van der Waals surface area contributed by atoms with Crippen molar-refractivity contribution >= 4 is 29.9 Å². The van der Waals surface area contributed by atoms with Crippen LogP contribution in [0.15, 0.2) is 23.2 Å². The molecule has 6 heteroatoms. The van der Waals surface area contributed by atoms with Crippen molar-refractivity contribution in [2.24, 2.45) is 16.3 Å². The highest BCUT2D eigenvalue weighted by Crippen LogP contribution is 2.61. The molecule has 0 saturated heterocycles. The van der Waals surface area contributed by atoms with E-state index in [4.69, 9.17) is 4.99 Å². The zero-order valence-corrected chi connectivity index (χ0v) is 16.6. The normalized spacial score (nSPS) is 20.1.